The van der Waals surface area contributed by atoms with Crippen molar-refractivity contribution in [3.63, 3.8) is 0 Å². The number of ether oxygens (including phenoxy) is 2. The summed E-state index contributed by atoms with van der Waals surface area (Å²) in [4.78, 5) is 29.7. The fourth-order valence-electron chi connectivity index (χ4n) is 3.23. The Hall–Kier alpha value is -2.87. The predicted octanol–water partition coefficient (Wildman–Crippen LogP) is 3.24. The third-order valence-corrected chi connectivity index (χ3v) is 4.28. The molecule has 136 valence electrons. The summed E-state index contributed by atoms with van der Waals surface area (Å²) >= 11 is 0. The smallest absolute Gasteiger partial charge is 0.336 e. The Morgan fingerprint density at radius 3 is 2.50 bits per heavy atom. The van der Waals surface area contributed by atoms with E-state index in [4.69, 9.17) is 15.9 Å². The standard InChI is InChI=1S/C21H23NO4/c1-6-15-10-9-11-16(12-15)19-17(20(23)25-7-2)13(4)22-14(5)18(19)21(24)26-8-3/h1,9-12,17,19H,7-8H2,2-5H3. The highest BCUT2D eigenvalue weighted by Gasteiger charge is 2.42. The molecular formula is C21H23NO4. The molecular weight excluding hydrogens is 330 g/mol. The lowest BCUT2D eigenvalue weighted by molar-refractivity contribution is -0.146. The number of terminal acetylenes is 1. The van der Waals surface area contributed by atoms with E-state index in [-0.39, 0.29) is 13.2 Å². The zero-order valence-corrected chi connectivity index (χ0v) is 15.5. The highest BCUT2D eigenvalue weighted by Crippen LogP contribution is 2.40. The second kappa shape index (κ2) is 8.48. The fourth-order valence-corrected chi connectivity index (χ4v) is 3.23. The molecule has 2 atom stereocenters. The first-order valence-corrected chi connectivity index (χ1v) is 8.60. The van der Waals surface area contributed by atoms with Crippen LogP contribution in [0.2, 0.25) is 0 Å². The first kappa shape index (κ1) is 19.5. The van der Waals surface area contributed by atoms with Crippen molar-refractivity contribution >= 4 is 17.7 Å². The largest absolute Gasteiger partial charge is 0.465 e. The number of aliphatic imine (C=N–C) groups is 1. The van der Waals surface area contributed by atoms with Gasteiger partial charge in [0.2, 0.25) is 0 Å². The van der Waals surface area contributed by atoms with Gasteiger partial charge < -0.3 is 9.47 Å². The van der Waals surface area contributed by atoms with Crippen LogP contribution in [0.15, 0.2) is 40.5 Å². The van der Waals surface area contributed by atoms with Crippen molar-refractivity contribution in [3.05, 3.63) is 46.7 Å². The summed E-state index contributed by atoms with van der Waals surface area (Å²) in [7, 11) is 0. The molecule has 0 saturated heterocycles. The lowest BCUT2D eigenvalue weighted by Gasteiger charge is -2.31. The topological polar surface area (TPSA) is 65.0 Å². The lowest BCUT2D eigenvalue weighted by Crippen LogP contribution is -2.36. The maximum atomic E-state index is 12.7. The Bertz CT molecular complexity index is 814. The number of benzene rings is 1. The van der Waals surface area contributed by atoms with E-state index in [2.05, 4.69) is 10.9 Å². The second-order valence-corrected chi connectivity index (χ2v) is 5.95. The molecule has 1 heterocycles. The molecule has 2 rings (SSSR count). The van der Waals surface area contributed by atoms with Crippen LogP contribution in [0.3, 0.4) is 0 Å². The molecule has 0 spiro atoms. The second-order valence-electron chi connectivity index (χ2n) is 5.95. The molecule has 1 aromatic carbocycles. The number of carbonyl (C=O) groups excluding carboxylic acids is 2. The van der Waals surface area contributed by atoms with Crippen molar-refractivity contribution in [2.45, 2.75) is 33.6 Å². The van der Waals surface area contributed by atoms with Gasteiger partial charge in [-0.25, -0.2) is 4.79 Å². The van der Waals surface area contributed by atoms with E-state index in [9.17, 15) is 9.59 Å². The van der Waals surface area contributed by atoms with E-state index < -0.39 is 23.8 Å². The van der Waals surface area contributed by atoms with Crippen LogP contribution >= 0.6 is 0 Å². The predicted molar refractivity (Wildman–Crippen MR) is 99.7 cm³/mol. The molecule has 1 aromatic rings. The molecule has 0 amide bonds. The van der Waals surface area contributed by atoms with Crippen molar-refractivity contribution in [3.8, 4) is 12.3 Å². The Kier molecular flexibility index (Phi) is 6.35. The van der Waals surface area contributed by atoms with Crippen LogP contribution < -0.4 is 0 Å². The van der Waals surface area contributed by atoms with Crippen molar-refractivity contribution in [2.24, 2.45) is 10.9 Å². The summed E-state index contributed by atoms with van der Waals surface area (Å²) in [6.45, 7) is 7.48. The van der Waals surface area contributed by atoms with Gasteiger partial charge in [0.1, 0.15) is 5.92 Å². The summed E-state index contributed by atoms with van der Waals surface area (Å²) in [6.07, 6.45) is 5.52. The van der Waals surface area contributed by atoms with Gasteiger partial charge in [-0.1, -0.05) is 18.1 Å². The molecule has 5 nitrogen and oxygen atoms in total. The summed E-state index contributed by atoms with van der Waals surface area (Å²) in [5, 5.41) is 0. The number of esters is 2. The zero-order chi connectivity index (χ0) is 19.3. The quantitative estimate of drug-likeness (QED) is 0.602. The monoisotopic (exact) mass is 353 g/mol. The van der Waals surface area contributed by atoms with E-state index in [1.807, 2.05) is 18.2 Å². The molecule has 26 heavy (non-hydrogen) atoms. The van der Waals surface area contributed by atoms with Crippen molar-refractivity contribution in [2.75, 3.05) is 13.2 Å². The average Bonchev–Trinajstić information content (AvgIpc) is 2.61. The molecule has 2 unspecified atom stereocenters. The third-order valence-electron chi connectivity index (χ3n) is 4.28. The molecule has 1 aliphatic rings. The Morgan fingerprint density at radius 1 is 1.19 bits per heavy atom. The van der Waals surface area contributed by atoms with Gasteiger partial charge in [-0.05, 0) is 45.4 Å². The van der Waals surface area contributed by atoms with Crippen molar-refractivity contribution < 1.29 is 19.1 Å². The minimum atomic E-state index is -0.703. The Morgan fingerprint density at radius 2 is 1.88 bits per heavy atom. The van der Waals surface area contributed by atoms with Crippen LogP contribution in [0.1, 0.15) is 44.7 Å². The van der Waals surface area contributed by atoms with Gasteiger partial charge in [0.15, 0.2) is 0 Å². The highest BCUT2D eigenvalue weighted by molar-refractivity contribution is 6.07. The van der Waals surface area contributed by atoms with Crippen LogP contribution in [0.4, 0.5) is 0 Å². The number of hydrogen-bond acceptors (Lipinski definition) is 5. The molecule has 0 fully saturated rings. The summed E-state index contributed by atoms with van der Waals surface area (Å²) in [6, 6.07) is 7.27. The third kappa shape index (κ3) is 3.85. The minimum Gasteiger partial charge on any atom is -0.465 e. The van der Waals surface area contributed by atoms with Crippen LogP contribution in [0.25, 0.3) is 0 Å². The van der Waals surface area contributed by atoms with Crippen LogP contribution in [-0.2, 0) is 19.1 Å². The molecule has 0 aromatic heterocycles. The van der Waals surface area contributed by atoms with Gasteiger partial charge in [-0.2, -0.15) is 0 Å². The molecule has 1 aliphatic heterocycles. The SMILES string of the molecule is C#Cc1cccc(C2C(C(=O)OCC)=C(C)N=C(C)C2C(=O)OCC)c1. The first-order chi connectivity index (χ1) is 12.4. The molecule has 0 radical (unpaired) electrons. The molecule has 0 aliphatic carbocycles. The molecule has 5 heteroatoms. The van der Waals surface area contributed by atoms with E-state index in [1.54, 1.807) is 33.8 Å². The van der Waals surface area contributed by atoms with Gasteiger partial charge in [-0.15, -0.1) is 6.42 Å². The fraction of sp³-hybridized carbons (Fsp3) is 0.381. The zero-order valence-electron chi connectivity index (χ0n) is 15.5. The number of hydrogen-bond donors (Lipinski definition) is 0. The maximum absolute atomic E-state index is 12.7. The summed E-state index contributed by atoms with van der Waals surface area (Å²) in [5.74, 6) is 0.432. The minimum absolute atomic E-state index is 0.236. The highest BCUT2D eigenvalue weighted by atomic mass is 16.5. The van der Waals surface area contributed by atoms with Gasteiger partial charge in [0.05, 0.1) is 18.8 Å². The maximum Gasteiger partial charge on any atom is 0.336 e. The van der Waals surface area contributed by atoms with Gasteiger partial charge in [0, 0.05) is 22.9 Å². The Labute approximate surface area is 154 Å². The van der Waals surface area contributed by atoms with E-state index in [1.165, 1.54) is 0 Å². The molecule has 0 N–H and O–H groups in total. The molecule has 0 saturated carbocycles. The summed E-state index contributed by atoms with van der Waals surface area (Å²) < 4.78 is 10.5. The number of nitrogens with zero attached hydrogens (tertiary/aromatic N) is 1. The summed E-state index contributed by atoms with van der Waals surface area (Å²) in [5.41, 5.74) is 2.94. The number of allylic oxidation sites excluding steroid dienone is 1. The number of carbonyl (C=O) groups is 2. The van der Waals surface area contributed by atoms with Crippen LogP contribution in [0.5, 0.6) is 0 Å². The lowest BCUT2D eigenvalue weighted by atomic mass is 9.75. The van der Waals surface area contributed by atoms with E-state index >= 15 is 0 Å². The Balaban J connectivity index is 2.65. The first-order valence-electron chi connectivity index (χ1n) is 8.60. The van der Waals surface area contributed by atoms with E-state index in [0.29, 0.717) is 22.5 Å². The van der Waals surface area contributed by atoms with Crippen molar-refractivity contribution in [1.29, 1.82) is 0 Å². The molecule has 0 bridgehead atoms. The van der Waals surface area contributed by atoms with E-state index in [0.717, 1.165) is 5.56 Å². The van der Waals surface area contributed by atoms with Crippen LogP contribution in [0, 0.1) is 18.3 Å². The van der Waals surface area contributed by atoms with Crippen molar-refractivity contribution in [1.82, 2.24) is 0 Å². The number of rotatable bonds is 5. The van der Waals surface area contributed by atoms with Gasteiger partial charge >= 0.3 is 11.9 Å². The van der Waals surface area contributed by atoms with Crippen LogP contribution in [-0.4, -0.2) is 30.9 Å². The normalized spacial score (nSPS) is 19.4. The van der Waals surface area contributed by atoms with Gasteiger partial charge in [-0.3, -0.25) is 9.79 Å². The van der Waals surface area contributed by atoms with Gasteiger partial charge in [0.25, 0.3) is 0 Å². The average molecular weight is 353 g/mol.